The van der Waals surface area contributed by atoms with Crippen LogP contribution in [0.1, 0.15) is 18.9 Å². The van der Waals surface area contributed by atoms with Gasteiger partial charge >= 0.3 is 0 Å². The fourth-order valence-electron chi connectivity index (χ4n) is 2.70. The Morgan fingerprint density at radius 1 is 1.12 bits per heavy atom. The monoisotopic (exact) mass is 492 g/mol. The van der Waals surface area contributed by atoms with Gasteiger partial charge in [-0.05, 0) is 49.7 Å². The summed E-state index contributed by atoms with van der Waals surface area (Å²) in [6.07, 6.45) is 1.00. The molecule has 0 aliphatic heterocycles. The van der Waals surface area contributed by atoms with Crippen LogP contribution in [-0.4, -0.2) is 43.9 Å². The van der Waals surface area contributed by atoms with Crippen LogP contribution in [0, 0.1) is 6.92 Å². The minimum Gasteiger partial charge on any atom is -0.497 e. The van der Waals surface area contributed by atoms with Crippen LogP contribution in [0.5, 0.6) is 5.75 Å². The van der Waals surface area contributed by atoms with Crippen LogP contribution in [0.2, 0.25) is 0 Å². The van der Waals surface area contributed by atoms with Crippen molar-refractivity contribution in [2.45, 2.75) is 29.5 Å². The Bertz CT molecular complexity index is 1150. The Hall–Kier alpha value is -2.63. The molecule has 0 fully saturated rings. The highest BCUT2D eigenvalue weighted by molar-refractivity contribution is 8.01. The lowest BCUT2D eigenvalue weighted by atomic mass is 10.2. The molecule has 0 radical (unpaired) electrons. The van der Waals surface area contributed by atoms with Crippen molar-refractivity contribution in [1.82, 2.24) is 10.2 Å². The Kier molecular flexibility index (Phi) is 8.10. The highest BCUT2D eigenvalue weighted by atomic mass is 32.2. The average molecular weight is 493 g/mol. The summed E-state index contributed by atoms with van der Waals surface area (Å²) in [5, 5.41) is 11.0. The van der Waals surface area contributed by atoms with E-state index < -0.39 is 22.5 Å². The molecule has 1 heterocycles. The van der Waals surface area contributed by atoms with Crippen molar-refractivity contribution >= 4 is 49.8 Å². The first kappa shape index (κ1) is 24.0. The molecule has 170 valence electrons. The van der Waals surface area contributed by atoms with Crippen molar-refractivity contribution in [3.63, 3.8) is 0 Å². The van der Waals surface area contributed by atoms with Gasteiger partial charge in [0.25, 0.3) is 10.0 Å². The minimum absolute atomic E-state index is 0.0563. The van der Waals surface area contributed by atoms with E-state index >= 15 is 0 Å². The molecule has 8 nitrogen and oxygen atoms in total. The van der Waals surface area contributed by atoms with Gasteiger partial charge in [0.2, 0.25) is 11.0 Å². The molecule has 0 aliphatic carbocycles. The van der Waals surface area contributed by atoms with Crippen molar-refractivity contribution in [2.24, 2.45) is 0 Å². The van der Waals surface area contributed by atoms with Gasteiger partial charge in [-0.15, -0.1) is 10.2 Å². The van der Waals surface area contributed by atoms with Gasteiger partial charge in [0.05, 0.1) is 17.7 Å². The largest absolute Gasteiger partial charge is 0.497 e. The number of aryl methyl sites for hydroxylation is 1. The van der Waals surface area contributed by atoms with Gasteiger partial charge in [-0.1, -0.05) is 47.7 Å². The number of hydrogen-bond acceptors (Lipinski definition) is 8. The van der Waals surface area contributed by atoms with Crippen molar-refractivity contribution in [3.8, 4) is 5.75 Å². The lowest BCUT2D eigenvalue weighted by Crippen LogP contribution is -2.38. The molecule has 11 heteroatoms. The van der Waals surface area contributed by atoms with Crippen molar-refractivity contribution in [3.05, 3.63) is 54.1 Å². The molecule has 3 aromatic rings. The Morgan fingerprint density at radius 3 is 2.44 bits per heavy atom. The summed E-state index contributed by atoms with van der Waals surface area (Å²) in [5.74, 6) is 0.937. The van der Waals surface area contributed by atoms with Crippen LogP contribution >= 0.6 is 23.1 Å². The zero-order valence-electron chi connectivity index (χ0n) is 17.9. The molecular formula is C21H24N4O4S3. The summed E-state index contributed by atoms with van der Waals surface area (Å²) in [4.78, 5) is 12.8. The molecule has 0 bridgehead atoms. The van der Waals surface area contributed by atoms with Gasteiger partial charge in [0.1, 0.15) is 12.3 Å². The van der Waals surface area contributed by atoms with Crippen LogP contribution in [0.15, 0.2) is 57.8 Å². The lowest BCUT2D eigenvalue weighted by molar-refractivity contribution is -0.114. The number of thioether (sulfide) groups is 1. The fourth-order valence-corrected chi connectivity index (χ4v) is 5.81. The molecule has 3 rings (SSSR count). The summed E-state index contributed by atoms with van der Waals surface area (Å²) in [7, 11) is -2.50. The fraction of sp³-hybridized carbons (Fsp3) is 0.286. The Balaban J connectivity index is 1.85. The molecule has 1 amide bonds. The molecule has 32 heavy (non-hydrogen) atoms. The maximum absolute atomic E-state index is 13.4. The maximum atomic E-state index is 13.4. The van der Waals surface area contributed by atoms with Gasteiger partial charge in [0, 0.05) is 5.75 Å². The number of aromatic nitrogens is 2. The first-order chi connectivity index (χ1) is 15.3. The van der Waals surface area contributed by atoms with E-state index in [0.29, 0.717) is 16.6 Å². The molecule has 0 spiro atoms. The maximum Gasteiger partial charge on any atom is 0.264 e. The number of nitrogens with one attached hydrogen (secondary N) is 1. The number of methoxy groups -OCH3 is 1. The van der Waals surface area contributed by atoms with E-state index in [-0.39, 0.29) is 4.90 Å². The number of carbonyl (C=O) groups is 1. The van der Waals surface area contributed by atoms with Crippen LogP contribution in [0.4, 0.5) is 10.8 Å². The molecule has 2 aromatic carbocycles. The highest BCUT2D eigenvalue weighted by Crippen LogP contribution is 2.27. The SMILES string of the molecule is CCCSc1nnc(NC(=O)CN(c2ccc(C)cc2)S(=O)(=O)c2ccc(OC)cc2)s1. The number of amides is 1. The summed E-state index contributed by atoms with van der Waals surface area (Å²) < 4.78 is 33.8. The highest BCUT2D eigenvalue weighted by Gasteiger charge is 2.27. The number of nitrogens with zero attached hydrogens (tertiary/aromatic N) is 3. The lowest BCUT2D eigenvalue weighted by Gasteiger charge is -2.24. The third-order valence-corrected chi connectivity index (χ3v) is 8.31. The van der Waals surface area contributed by atoms with Crippen LogP contribution < -0.4 is 14.4 Å². The number of ether oxygens (including phenoxy) is 1. The van der Waals surface area contributed by atoms with E-state index in [1.807, 2.05) is 6.92 Å². The van der Waals surface area contributed by atoms with E-state index in [1.165, 1.54) is 30.6 Å². The zero-order valence-corrected chi connectivity index (χ0v) is 20.4. The van der Waals surface area contributed by atoms with Crippen LogP contribution in [0.25, 0.3) is 0 Å². The number of benzene rings is 2. The minimum atomic E-state index is -4.01. The molecule has 0 atom stereocenters. The Labute approximate surface area is 196 Å². The molecular weight excluding hydrogens is 468 g/mol. The molecule has 0 unspecified atom stereocenters. The summed E-state index contributed by atoms with van der Waals surface area (Å²) in [6.45, 7) is 3.57. The third-order valence-electron chi connectivity index (χ3n) is 4.34. The number of rotatable bonds is 10. The smallest absolute Gasteiger partial charge is 0.264 e. The quantitative estimate of drug-likeness (QED) is 0.334. The topological polar surface area (TPSA) is 101 Å². The number of anilines is 2. The Morgan fingerprint density at radius 2 is 1.81 bits per heavy atom. The predicted octanol–water partition coefficient (Wildman–Crippen LogP) is 4.19. The van der Waals surface area contributed by atoms with E-state index in [0.717, 1.165) is 26.4 Å². The number of sulfonamides is 1. The van der Waals surface area contributed by atoms with Crippen molar-refractivity contribution in [1.29, 1.82) is 0 Å². The molecule has 0 aliphatic rings. The second kappa shape index (κ2) is 10.8. The zero-order chi connectivity index (χ0) is 23.1. The van der Waals surface area contributed by atoms with Crippen molar-refractivity contribution in [2.75, 3.05) is 29.0 Å². The first-order valence-corrected chi connectivity index (χ1v) is 13.1. The first-order valence-electron chi connectivity index (χ1n) is 9.83. The normalized spacial score (nSPS) is 11.2. The van der Waals surface area contributed by atoms with Crippen LogP contribution in [0.3, 0.4) is 0 Å². The number of carbonyl (C=O) groups excluding carboxylic acids is 1. The van der Waals surface area contributed by atoms with E-state index in [1.54, 1.807) is 48.2 Å². The molecule has 1 N–H and O–H groups in total. The van der Waals surface area contributed by atoms with Gasteiger partial charge < -0.3 is 4.74 Å². The summed E-state index contributed by atoms with van der Waals surface area (Å²) in [5.41, 5.74) is 1.36. The van der Waals surface area contributed by atoms with Gasteiger partial charge in [-0.2, -0.15) is 0 Å². The van der Waals surface area contributed by atoms with E-state index in [4.69, 9.17) is 4.74 Å². The van der Waals surface area contributed by atoms with Crippen molar-refractivity contribution < 1.29 is 17.9 Å². The summed E-state index contributed by atoms with van der Waals surface area (Å²) in [6, 6.07) is 13.0. The predicted molar refractivity (Wildman–Crippen MR) is 128 cm³/mol. The average Bonchev–Trinajstić information content (AvgIpc) is 3.23. The third kappa shape index (κ3) is 5.99. The summed E-state index contributed by atoms with van der Waals surface area (Å²) >= 11 is 2.82. The van der Waals surface area contributed by atoms with Gasteiger partial charge in [-0.25, -0.2) is 8.42 Å². The molecule has 0 saturated carbocycles. The van der Waals surface area contributed by atoms with Crippen LogP contribution in [-0.2, 0) is 14.8 Å². The second-order valence-electron chi connectivity index (χ2n) is 6.79. The standard InChI is InChI=1S/C21H24N4O4S3/c1-4-13-30-21-24-23-20(31-21)22-19(26)14-25(16-7-5-15(2)6-8-16)32(27,28)18-11-9-17(29-3)10-12-18/h5-12H,4,13-14H2,1-3H3,(H,22,23,26). The number of hydrogen-bond donors (Lipinski definition) is 1. The van der Waals surface area contributed by atoms with Gasteiger partial charge in [0.15, 0.2) is 4.34 Å². The van der Waals surface area contributed by atoms with E-state index in [9.17, 15) is 13.2 Å². The van der Waals surface area contributed by atoms with Gasteiger partial charge in [-0.3, -0.25) is 14.4 Å². The molecule has 1 aromatic heterocycles. The molecule has 0 saturated heterocycles. The van der Waals surface area contributed by atoms with E-state index in [2.05, 4.69) is 22.4 Å². The second-order valence-corrected chi connectivity index (χ2v) is 11.0.